The maximum absolute atomic E-state index is 14.7. The van der Waals surface area contributed by atoms with Gasteiger partial charge in [0.1, 0.15) is 90.0 Å². The van der Waals surface area contributed by atoms with E-state index in [1.54, 1.807) is 47.8 Å². The second-order valence-corrected chi connectivity index (χ2v) is 30.4. The van der Waals surface area contributed by atoms with Crippen molar-refractivity contribution in [1.29, 1.82) is 0 Å². The number of aliphatic hydroxyl groups excluding tert-OH is 1. The van der Waals surface area contributed by atoms with Crippen molar-refractivity contribution in [3.63, 3.8) is 0 Å². The van der Waals surface area contributed by atoms with Crippen LogP contribution < -0.4 is 97.8 Å². The van der Waals surface area contributed by atoms with Gasteiger partial charge in [-0.25, -0.2) is 0 Å². The van der Waals surface area contributed by atoms with Crippen LogP contribution in [0.2, 0.25) is 0 Å². The second-order valence-electron chi connectivity index (χ2n) is 29.4. The van der Waals surface area contributed by atoms with E-state index in [-0.39, 0.29) is 101 Å². The summed E-state index contributed by atoms with van der Waals surface area (Å²) in [6.07, 6.45) is -1.34. The number of rotatable bonds is 53. The molecule has 0 radical (unpaired) electrons. The summed E-state index contributed by atoms with van der Waals surface area (Å²) in [7, 11) is 0. The number of phenolic OH excluding ortho intramolecular Hbond substituents is 2. The SMILES string of the molecule is CC[C@H](C)[C@H](NC(=O)[C@H](CCSC)NC(=O)[C@H](CCCCN)NC(=O)[C@H](CCCN=C(N)N)NC(=O)[C@@H](NC(=O)[C@@H](NC(=O)[C@H](Cc1ccc(O)cc1)NC(=O)[C@@H](NC(=O)[C@H](C)NC(=O)[C@H](Cc1ccc(O)cc1)NC(=O)[C@@H](N)CCC(N)=O)[C@@H](C)O)C(C)C)C(C)C)C(=O)N[C@@H](CC(=O)O)C(=O)N[C@H](C(=O)N[C@@H](C)C(=O)O)C(C)C. The van der Waals surface area contributed by atoms with E-state index in [2.05, 4.69) is 74.1 Å². The Hall–Kier alpha value is -10.9. The number of carbonyl (C=O) groups excluding carboxylic acids is 14. The van der Waals surface area contributed by atoms with Gasteiger partial charge >= 0.3 is 11.9 Å². The standard InChI is InChI=1S/C75H121N19O21S/c1-13-39(8)59(72(112)89-53(35-55(99)100)68(108)90-56(36(2)3)69(109)83-41(10)74(114)115)93-65(105)50(29-32-116-12)85-63(103)48(17-14-15-30-76)84-64(104)49(18-16-31-81-75(79)80)86-70(110)57(37(4)5)92-71(111)58(38(6)7)91-67(107)52(34-44-21-25-46(97)26-22-44)88-73(113)60(42(11)95)94-61(101)40(9)82-66(106)51(33-43-19-23-45(96)24-20-43)87-62(102)47(77)27-28-54(78)98/h19-26,36-42,47-53,56-60,95-97H,13-18,27-35,76-77H2,1-12H3,(H2,78,98)(H,82,106)(H,83,109)(H,84,104)(H,85,103)(H,86,110)(H,87,102)(H,88,113)(H,89,112)(H,90,108)(H,91,107)(H,92,111)(H,93,105)(H,94,101)(H,99,100)(H,114,115)(H4,79,80,81)/t39-,40-,41-,42+,47-,48-,49-,50-,51-,52-,53-,56-,57-,58-,59-,60-/m0/s1. The fourth-order valence-corrected chi connectivity index (χ4v) is 11.8. The highest BCUT2D eigenvalue weighted by atomic mass is 32.2. The first-order valence-corrected chi connectivity index (χ1v) is 39.7. The van der Waals surface area contributed by atoms with Gasteiger partial charge in [-0.1, -0.05) is 86.1 Å². The molecule has 2 rings (SSSR count). The van der Waals surface area contributed by atoms with Crippen LogP contribution >= 0.6 is 11.8 Å². The highest BCUT2D eigenvalue weighted by molar-refractivity contribution is 7.98. The normalized spacial score (nSPS) is 15.4. The fraction of sp³-hybridized carbons (Fsp3) is 0.613. The number of hydrogen-bond donors (Lipinski definition) is 23. The number of hydrogen-bond acceptors (Lipinski definition) is 23. The van der Waals surface area contributed by atoms with Crippen LogP contribution in [-0.4, -0.2) is 242 Å². The predicted molar refractivity (Wildman–Crippen MR) is 428 cm³/mol. The van der Waals surface area contributed by atoms with Gasteiger partial charge in [0.2, 0.25) is 82.7 Å². The number of thioether (sulfide) groups is 1. The molecule has 28 N–H and O–H groups in total. The van der Waals surface area contributed by atoms with E-state index >= 15 is 0 Å². The first-order valence-electron chi connectivity index (χ1n) is 38.3. The molecular formula is C75H121N19O21S. The molecular weight excluding hydrogens is 1540 g/mol. The first kappa shape index (κ1) is 101. The Morgan fingerprint density at radius 1 is 0.422 bits per heavy atom. The molecule has 16 atom stereocenters. The van der Waals surface area contributed by atoms with Gasteiger partial charge in [-0.3, -0.25) is 81.7 Å². The molecule has 14 amide bonds. The number of nitrogens with two attached hydrogens (primary N) is 5. The van der Waals surface area contributed by atoms with Gasteiger partial charge in [-0.05, 0) is 143 Å². The number of aliphatic carboxylic acids is 2. The van der Waals surface area contributed by atoms with Crippen LogP contribution in [-0.2, 0) is 89.6 Å². The Balaban J connectivity index is 2.55. The number of amides is 14. The van der Waals surface area contributed by atoms with E-state index in [9.17, 15) is 102 Å². The molecule has 41 heteroatoms. The van der Waals surface area contributed by atoms with Crippen molar-refractivity contribution in [2.75, 3.05) is 25.1 Å². The molecule has 0 heterocycles. The van der Waals surface area contributed by atoms with Gasteiger partial charge in [0, 0.05) is 25.8 Å². The summed E-state index contributed by atoms with van der Waals surface area (Å²) in [5.41, 5.74) is 29.1. The lowest BCUT2D eigenvalue weighted by atomic mass is 9.96. The van der Waals surface area contributed by atoms with Crippen molar-refractivity contribution in [3.8, 4) is 11.5 Å². The van der Waals surface area contributed by atoms with Gasteiger partial charge in [-0.15, -0.1) is 0 Å². The maximum Gasteiger partial charge on any atom is 0.325 e. The summed E-state index contributed by atoms with van der Waals surface area (Å²) in [6, 6.07) is -9.94. The Bertz CT molecular complexity index is 3680. The summed E-state index contributed by atoms with van der Waals surface area (Å²) >= 11 is 1.30. The molecule has 0 aliphatic heterocycles. The Labute approximate surface area is 678 Å². The van der Waals surface area contributed by atoms with Gasteiger partial charge in [-0.2, -0.15) is 11.8 Å². The van der Waals surface area contributed by atoms with Gasteiger partial charge in [0.25, 0.3) is 0 Å². The molecule has 40 nitrogen and oxygen atoms in total. The number of aromatic hydroxyl groups is 2. The average Bonchev–Trinajstić information content (AvgIpc) is 0.848. The molecule has 2 aromatic carbocycles. The second kappa shape index (κ2) is 51.1. The summed E-state index contributed by atoms with van der Waals surface area (Å²) < 4.78 is 0. The Kier molecular flexibility index (Phi) is 44.6. The van der Waals surface area contributed by atoms with Gasteiger partial charge in [0.15, 0.2) is 5.96 Å². The molecule has 0 aromatic heterocycles. The minimum Gasteiger partial charge on any atom is -0.508 e. The van der Waals surface area contributed by atoms with Crippen molar-refractivity contribution >= 4 is 112 Å². The summed E-state index contributed by atoms with van der Waals surface area (Å²) in [4.78, 5) is 223. The largest absolute Gasteiger partial charge is 0.508 e. The monoisotopic (exact) mass is 1660 g/mol. The lowest BCUT2D eigenvalue weighted by Crippen LogP contribution is -2.63. The highest BCUT2D eigenvalue weighted by Crippen LogP contribution is 2.18. The van der Waals surface area contributed by atoms with E-state index in [0.29, 0.717) is 17.5 Å². The lowest BCUT2D eigenvalue weighted by Gasteiger charge is -2.30. The summed E-state index contributed by atoms with van der Waals surface area (Å²) in [5, 5.41) is 83.0. The fourth-order valence-electron chi connectivity index (χ4n) is 11.4. The molecule has 0 unspecified atom stereocenters. The molecule has 0 spiro atoms. The molecule has 0 saturated carbocycles. The zero-order valence-corrected chi connectivity index (χ0v) is 68.5. The molecule has 648 valence electrons. The minimum absolute atomic E-state index is 0.0447. The number of aliphatic hydroxyl groups is 1. The first-order chi connectivity index (χ1) is 54.3. The molecule has 116 heavy (non-hydrogen) atoms. The van der Waals surface area contributed by atoms with Crippen LogP contribution in [0.3, 0.4) is 0 Å². The van der Waals surface area contributed by atoms with Crippen LogP contribution in [0.1, 0.15) is 151 Å². The predicted octanol–water partition coefficient (Wildman–Crippen LogP) is -4.29. The van der Waals surface area contributed by atoms with E-state index in [0.717, 1.165) is 6.92 Å². The van der Waals surface area contributed by atoms with Crippen LogP contribution in [0.15, 0.2) is 53.5 Å². The summed E-state index contributed by atoms with van der Waals surface area (Å²) in [6.45, 7) is 16.2. The number of nitrogens with zero attached hydrogens (tertiary/aromatic N) is 1. The Morgan fingerprint density at radius 3 is 1.22 bits per heavy atom. The number of primary amides is 1. The smallest absolute Gasteiger partial charge is 0.325 e. The number of carboxylic acid groups (broad SMARTS) is 2. The number of carbonyl (C=O) groups is 16. The third-order valence-corrected chi connectivity index (χ3v) is 19.2. The summed E-state index contributed by atoms with van der Waals surface area (Å²) in [5.74, 6) is -19.4. The molecule has 2 aromatic rings. The van der Waals surface area contributed by atoms with Crippen molar-refractivity contribution in [2.45, 2.75) is 244 Å². The third kappa shape index (κ3) is 36.3. The minimum atomic E-state index is -1.84. The van der Waals surface area contributed by atoms with Crippen molar-refractivity contribution < 1.29 is 102 Å². The van der Waals surface area contributed by atoms with Crippen molar-refractivity contribution in [2.24, 2.45) is 57.3 Å². The number of aliphatic imine (C=N–C) groups is 1. The van der Waals surface area contributed by atoms with E-state index in [4.69, 9.17) is 28.7 Å². The number of phenols is 2. The number of carboxylic acids is 2. The molecule has 0 aliphatic carbocycles. The van der Waals surface area contributed by atoms with Gasteiger partial charge < -0.3 is 123 Å². The van der Waals surface area contributed by atoms with Crippen LogP contribution in [0, 0.1) is 23.7 Å². The number of unbranched alkanes of at least 4 members (excludes halogenated alkanes) is 1. The molecule has 0 saturated heterocycles. The van der Waals surface area contributed by atoms with Gasteiger partial charge in [0.05, 0.1) is 18.6 Å². The zero-order chi connectivity index (χ0) is 88.0. The quantitative estimate of drug-likeness (QED) is 0.0169. The molecule has 0 aliphatic rings. The number of nitrogens with one attached hydrogen (secondary N) is 13. The van der Waals surface area contributed by atoms with E-state index < -0.39 is 215 Å². The van der Waals surface area contributed by atoms with Crippen molar-refractivity contribution in [1.82, 2.24) is 69.1 Å². The van der Waals surface area contributed by atoms with Crippen molar-refractivity contribution in [3.05, 3.63) is 59.7 Å². The van der Waals surface area contributed by atoms with E-state index in [1.165, 1.54) is 88.0 Å². The van der Waals surface area contributed by atoms with Crippen LogP contribution in [0.4, 0.5) is 0 Å². The Morgan fingerprint density at radius 2 is 0.784 bits per heavy atom. The number of benzene rings is 2. The topological polar surface area (TPSA) is 673 Å². The maximum atomic E-state index is 14.7. The highest BCUT2D eigenvalue weighted by Gasteiger charge is 2.40. The van der Waals surface area contributed by atoms with Crippen LogP contribution in [0.25, 0.3) is 0 Å². The zero-order valence-electron chi connectivity index (χ0n) is 67.7. The molecule has 0 fully saturated rings. The third-order valence-electron chi connectivity index (χ3n) is 18.5. The number of guanidine groups is 1. The van der Waals surface area contributed by atoms with Crippen LogP contribution in [0.5, 0.6) is 11.5 Å². The molecule has 0 bridgehead atoms. The van der Waals surface area contributed by atoms with E-state index in [1.807, 2.05) is 0 Å². The average molecular weight is 1660 g/mol. The lowest BCUT2D eigenvalue weighted by molar-refractivity contribution is -0.143.